The lowest BCUT2D eigenvalue weighted by Crippen LogP contribution is -2.33. The van der Waals surface area contributed by atoms with E-state index in [0.717, 1.165) is 16.5 Å². The summed E-state index contributed by atoms with van der Waals surface area (Å²) in [5, 5.41) is 24.0. The molecule has 0 spiro atoms. The smallest absolute Gasteiger partial charge is 0.101 e. The maximum atomic E-state index is 10.7. The van der Waals surface area contributed by atoms with Crippen LogP contribution in [0, 0.1) is 11.3 Å². The second-order valence-corrected chi connectivity index (χ2v) is 5.56. The number of fused-ring (bicyclic) bond motifs is 1. The first-order valence-electron chi connectivity index (χ1n) is 7.63. The normalized spacial score (nSPS) is 13.6. The van der Waals surface area contributed by atoms with Gasteiger partial charge in [-0.05, 0) is 18.7 Å². The van der Waals surface area contributed by atoms with Gasteiger partial charge in [0.15, 0.2) is 0 Å². The van der Waals surface area contributed by atoms with Crippen LogP contribution in [-0.2, 0) is 0 Å². The molecule has 0 unspecified atom stereocenters. The Balaban J connectivity index is 2.20. The molecule has 0 amide bonds. The number of hydrogen-bond acceptors (Lipinski definition) is 3. The van der Waals surface area contributed by atoms with Gasteiger partial charge in [-0.3, -0.25) is 0 Å². The summed E-state index contributed by atoms with van der Waals surface area (Å²) in [5.41, 5.74) is 2.59. The standard InChI is InChI=1S/C19H19N3O/c1-21-12-18(23)19(14-7-3-2-4-8-14)22-13-15(11-20)16-9-5-6-10-17(16)22/h2-10,13,18-19,21,23H,12H2,1H3/t18-,19+/m0/s1. The summed E-state index contributed by atoms with van der Waals surface area (Å²) in [5.74, 6) is 0. The van der Waals surface area contributed by atoms with Gasteiger partial charge in [0.05, 0.1) is 23.2 Å². The Kier molecular flexibility index (Phi) is 4.42. The van der Waals surface area contributed by atoms with Gasteiger partial charge in [-0.15, -0.1) is 0 Å². The molecule has 2 aromatic carbocycles. The van der Waals surface area contributed by atoms with Gasteiger partial charge >= 0.3 is 0 Å². The highest BCUT2D eigenvalue weighted by molar-refractivity contribution is 5.86. The number of likely N-dealkylation sites (N-methyl/N-ethyl adjacent to an activating group) is 1. The Bertz CT molecular complexity index is 833. The van der Waals surface area contributed by atoms with Crippen molar-refractivity contribution in [1.82, 2.24) is 9.88 Å². The SMILES string of the molecule is CNC[C@H](O)[C@@H](c1ccccc1)n1cc(C#N)c2ccccc21. The van der Waals surface area contributed by atoms with Gasteiger partial charge in [-0.1, -0.05) is 48.5 Å². The van der Waals surface area contributed by atoms with E-state index in [1.807, 2.05) is 72.4 Å². The summed E-state index contributed by atoms with van der Waals surface area (Å²) in [6.45, 7) is 0.466. The lowest BCUT2D eigenvalue weighted by molar-refractivity contribution is 0.132. The van der Waals surface area contributed by atoms with Crippen molar-refractivity contribution in [3.63, 3.8) is 0 Å². The molecule has 4 nitrogen and oxygen atoms in total. The Labute approximate surface area is 135 Å². The summed E-state index contributed by atoms with van der Waals surface area (Å²) in [6, 6.07) is 19.7. The van der Waals surface area contributed by atoms with Crippen LogP contribution in [0.15, 0.2) is 60.8 Å². The maximum absolute atomic E-state index is 10.7. The quantitative estimate of drug-likeness (QED) is 0.762. The highest BCUT2D eigenvalue weighted by Crippen LogP contribution is 2.30. The third kappa shape index (κ3) is 2.85. The van der Waals surface area contributed by atoms with E-state index < -0.39 is 6.10 Å². The fraction of sp³-hybridized carbons (Fsp3) is 0.211. The van der Waals surface area contributed by atoms with E-state index >= 15 is 0 Å². The zero-order chi connectivity index (χ0) is 16.2. The van der Waals surface area contributed by atoms with Crippen LogP contribution in [0.5, 0.6) is 0 Å². The van der Waals surface area contributed by atoms with E-state index in [1.165, 1.54) is 0 Å². The van der Waals surface area contributed by atoms with Crippen molar-refractivity contribution < 1.29 is 5.11 Å². The lowest BCUT2D eigenvalue weighted by atomic mass is 10.0. The molecule has 0 radical (unpaired) electrons. The molecule has 0 saturated heterocycles. The van der Waals surface area contributed by atoms with Crippen molar-refractivity contribution in [3.8, 4) is 6.07 Å². The van der Waals surface area contributed by atoms with Gasteiger partial charge < -0.3 is 15.0 Å². The summed E-state index contributed by atoms with van der Waals surface area (Å²) in [7, 11) is 1.82. The average molecular weight is 305 g/mol. The first-order valence-corrected chi connectivity index (χ1v) is 7.63. The van der Waals surface area contributed by atoms with Gasteiger partial charge in [0.25, 0.3) is 0 Å². The molecule has 0 aliphatic rings. The molecule has 0 saturated carbocycles. The summed E-state index contributed by atoms with van der Waals surface area (Å²) >= 11 is 0. The predicted molar refractivity (Wildman–Crippen MR) is 91.2 cm³/mol. The zero-order valence-corrected chi connectivity index (χ0v) is 13.0. The number of benzene rings is 2. The van der Waals surface area contributed by atoms with Gasteiger partial charge in [0.2, 0.25) is 0 Å². The Morgan fingerprint density at radius 2 is 1.83 bits per heavy atom. The van der Waals surface area contributed by atoms with Crippen LogP contribution in [0.4, 0.5) is 0 Å². The number of nitriles is 1. The van der Waals surface area contributed by atoms with Crippen molar-refractivity contribution in [3.05, 3.63) is 71.9 Å². The van der Waals surface area contributed by atoms with Crippen LogP contribution < -0.4 is 5.32 Å². The van der Waals surface area contributed by atoms with Crippen molar-refractivity contribution in [2.75, 3.05) is 13.6 Å². The van der Waals surface area contributed by atoms with Gasteiger partial charge in [-0.2, -0.15) is 5.26 Å². The summed E-state index contributed by atoms with van der Waals surface area (Å²) in [4.78, 5) is 0. The molecular weight excluding hydrogens is 286 g/mol. The number of aliphatic hydroxyl groups is 1. The van der Waals surface area contributed by atoms with Crippen molar-refractivity contribution in [2.45, 2.75) is 12.1 Å². The van der Waals surface area contributed by atoms with E-state index in [0.29, 0.717) is 12.1 Å². The van der Waals surface area contributed by atoms with Crippen LogP contribution in [0.3, 0.4) is 0 Å². The lowest BCUT2D eigenvalue weighted by Gasteiger charge is -2.26. The topological polar surface area (TPSA) is 61.0 Å². The fourth-order valence-electron chi connectivity index (χ4n) is 3.06. The van der Waals surface area contributed by atoms with Crippen LogP contribution in [0.2, 0.25) is 0 Å². The minimum atomic E-state index is -0.607. The molecule has 1 heterocycles. The molecule has 116 valence electrons. The van der Waals surface area contributed by atoms with E-state index in [9.17, 15) is 10.4 Å². The monoisotopic (exact) mass is 305 g/mol. The second-order valence-electron chi connectivity index (χ2n) is 5.56. The summed E-state index contributed by atoms with van der Waals surface area (Å²) in [6.07, 6.45) is 1.23. The largest absolute Gasteiger partial charge is 0.389 e. The van der Waals surface area contributed by atoms with E-state index in [-0.39, 0.29) is 6.04 Å². The van der Waals surface area contributed by atoms with Crippen molar-refractivity contribution in [2.24, 2.45) is 0 Å². The van der Waals surface area contributed by atoms with Crippen LogP contribution in [0.1, 0.15) is 17.2 Å². The highest BCUT2D eigenvalue weighted by Gasteiger charge is 2.24. The Morgan fingerprint density at radius 1 is 1.13 bits per heavy atom. The molecule has 0 fully saturated rings. The van der Waals surface area contributed by atoms with Crippen LogP contribution in [-0.4, -0.2) is 29.4 Å². The van der Waals surface area contributed by atoms with Crippen molar-refractivity contribution in [1.29, 1.82) is 5.26 Å². The molecule has 23 heavy (non-hydrogen) atoms. The van der Waals surface area contributed by atoms with Crippen LogP contribution in [0.25, 0.3) is 10.9 Å². The van der Waals surface area contributed by atoms with Gasteiger partial charge in [0.1, 0.15) is 6.07 Å². The minimum Gasteiger partial charge on any atom is -0.389 e. The molecule has 4 heteroatoms. The minimum absolute atomic E-state index is 0.254. The number of aromatic nitrogens is 1. The number of nitrogens with one attached hydrogen (secondary N) is 1. The first-order chi connectivity index (χ1) is 11.3. The number of para-hydroxylation sites is 1. The van der Waals surface area contributed by atoms with Gasteiger partial charge in [0, 0.05) is 18.1 Å². The molecule has 2 atom stereocenters. The third-order valence-corrected chi connectivity index (χ3v) is 4.08. The van der Waals surface area contributed by atoms with Gasteiger partial charge in [-0.25, -0.2) is 0 Å². The molecule has 0 aliphatic heterocycles. The highest BCUT2D eigenvalue weighted by atomic mass is 16.3. The average Bonchev–Trinajstić information content (AvgIpc) is 2.95. The molecule has 1 aromatic heterocycles. The number of rotatable bonds is 5. The molecule has 2 N–H and O–H groups in total. The predicted octanol–water partition coefficient (Wildman–Crippen LogP) is 2.68. The van der Waals surface area contributed by atoms with Crippen molar-refractivity contribution >= 4 is 10.9 Å². The fourth-order valence-corrected chi connectivity index (χ4v) is 3.06. The van der Waals surface area contributed by atoms with E-state index in [1.54, 1.807) is 0 Å². The van der Waals surface area contributed by atoms with E-state index in [4.69, 9.17) is 0 Å². The second kappa shape index (κ2) is 6.66. The number of aliphatic hydroxyl groups excluding tert-OH is 1. The third-order valence-electron chi connectivity index (χ3n) is 4.08. The molecular formula is C19H19N3O. The zero-order valence-electron chi connectivity index (χ0n) is 13.0. The van der Waals surface area contributed by atoms with Crippen LogP contribution >= 0.6 is 0 Å². The maximum Gasteiger partial charge on any atom is 0.101 e. The number of nitrogens with zero attached hydrogens (tertiary/aromatic N) is 2. The molecule has 0 aliphatic carbocycles. The first kappa shape index (κ1) is 15.3. The number of hydrogen-bond donors (Lipinski definition) is 2. The summed E-state index contributed by atoms with van der Waals surface area (Å²) < 4.78 is 2.01. The molecule has 0 bridgehead atoms. The molecule has 3 rings (SSSR count). The van der Waals surface area contributed by atoms with E-state index in [2.05, 4.69) is 11.4 Å². The molecule has 3 aromatic rings. The Hall–Kier alpha value is -2.61. The Morgan fingerprint density at radius 3 is 2.52 bits per heavy atom.